The first-order valence-corrected chi connectivity index (χ1v) is 6.58. The van der Waals surface area contributed by atoms with Gasteiger partial charge in [0.15, 0.2) is 0 Å². The van der Waals surface area contributed by atoms with Crippen LogP contribution in [-0.2, 0) is 4.74 Å². The van der Waals surface area contributed by atoms with Gasteiger partial charge in [0.1, 0.15) is 0 Å². The number of rotatable bonds is 10. The summed E-state index contributed by atoms with van der Waals surface area (Å²) in [6.07, 6.45) is 2.89. The molecule has 0 radical (unpaired) electrons. The molecule has 0 aliphatic rings. The first-order chi connectivity index (χ1) is 7.93. The molecule has 17 heavy (non-hydrogen) atoms. The van der Waals surface area contributed by atoms with Gasteiger partial charge in [0, 0.05) is 26.2 Å². The fourth-order valence-electron chi connectivity index (χ4n) is 1.76. The molecule has 0 saturated heterocycles. The highest BCUT2D eigenvalue weighted by Crippen LogP contribution is 2.12. The van der Waals surface area contributed by atoms with E-state index in [-0.39, 0.29) is 0 Å². The fourth-order valence-corrected chi connectivity index (χ4v) is 1.76. The topological polar surface area (TPSA) is 58.7 Å². The number of nitrogens with two attached hydrogens (primary N) is 1. The van der Waals surface area contributed by atoms with Crippen LogP contribution in [0.5, 0.6) is 0 Å². The van der Waals surface area contributed by atoms with E-state index in [9.17, 15) is 5.11 Å². The van der Waals surface area contributed by atoms with Crippen molar-refractivity contribution >= 4 is 0 Å². The molecule has 1 atom stereocenters. The third-order valence-electron chi connectivity index (χ3n) is 3.16. The Hall–Kier alpha value is -0.160. The van der Waals surface area contributed by atoms with Crippen LogP contribution in [0.25, 0.3) is 0 Å². The van der Waals surface area contributed by atoms with Crippen molar-refractivity contribution in [3.8, 4) is 0 Å². The van der Waals surface area contributed by atoms with Crippen LogP contribution in [0.1, 0.15) is 40.0 Å². The predicted octanol–water partition coefficient (Wildman–Crippen LogP) is 1.22. The first-order valence-electron chi connectivity index (χ1n) is 6.58. The molecular weight excluding hydrogens is 216 g/mol. The van der Waals surface area contributed by atoms with Crippen LogP contribution in [0.3, 0.4) is 0 Å². The summed E-state index contributed by atoms with van der Waals surface area (Å²) in [4.78, 5) is 2.40. The second kappa shape index (κ2) is 8.86. The van der Waals surface area contributed by atoms with Crippen LogP contribution in [-0.4, -0.2) is 55.0 Å². The number of nitrogens with zero attached hydrogens (tertiary/aromatic N) is 1. The van der Waals surface area contributed by atoms with E-state index in [1.54, 1.807) is 14.0 Å². The summed E-state index contributed by atoms with van der Waals surface area (Å²) in [6, 6.07) is 0.542. The lowest BCUT2D eigenvalue weighted by atomic mass is 9.99. The molecule has 0 aromatic heterocycles. The maximum atomic E-state index is 9.78. The molecule has 4 nitrogen and oxygen atoms in total. The molecule has 3 N–H and O–H groups in total. The van der Waals surface area contributed by atoms with Crippen molar-refractivity contribution in [1.29, 1.82) is 0 Å². The molecule has 104 valence electrons. The predicted molar refractivity (Wildman–Crippen MR) is 72.1 cm³/mol. The molecule has 0 aromatic rings. The molecule has 0 amide bonds. The Labute approximate surface area is 106 Å². The highest BCUT2D eigenvalue weighted by Gasteiger charge is 2.17. The second-order valence-corrected chi connectivity index (χ2v) is 5.28. The molecule has 0 spiro atoms. The minimum absolute atomic E-state index is 0.338. The number of methoxy groups -OCH3 is 1. The van der Waals surface area contributed by atoms with E-state index in [0.717, 1.165) is 39.0 Å². The number of unbranched alkanes of at least 4 members (excludes halogenated alkanes) is 1. The van der Waals surface area contributed by atoms with Gasteiger partial charge < -0.3 is 15.6 Å². The Morgan fingerprint density at radius 3 is 2.41 bits per heavy atom. The third-order valence-corrected chi connectivity index (χ3v) is 3.16. The SMILES string of the molecule is COCCN(CCCCC(C)(O)CN)C(C)C. The van der Waals surface area contributed by atoms with Crippen LogP contribution in [0.4, 0.5) is 0 Å². The van der Waals surface area contributed by atoms with Gasteiger partial charge in [0.2, 0.25) is 0 Å². The molecule has 0 fully saturated rings. The maximum Gasteiger partial charge on any atom is 0.0741 e. The van der Waals surface area contributed by atoms with Crippen LogP contribution >= 0.6 is 0 Å². The number of aliphatic hydroxyl groups is 1. The van der Waals surface area contributed by atoms with Gasteiger partial charge in [0.05, 0.1) is 12.2 Å². The molecule has 0 aromatic carbocycles. The lowest BCUT2D eigenvalue weighted by Crippen LogP contribution is -2.36. The van der Waals surface area contributed by atoms with Gasteiger partial charge in [-0.3, -0.25) is 4.90 Å². The number of ether oxygens (including phenoxy) is 1. The molecular formula is C13H30N2O2. The first kappa shape index (κ1) is 16.8. The number of hydrogen-bond donors (Lipinski definition) is 2. The van der Waals surface area contributed by atoms with Crippen molar-refractivity contribution in [3.63, 3.8) is 0 Å². The minimum atomic E-state index is -0.699. The Kier molecular flexibility index (Phi) is 8.78. The Bertz CT molecular complexity index is 184. The minimum Gasteiger partial charge on any atom is -0.389 e. The zero-order valence-electron chi connectivity index (χ0n) is 11.9. The van der Waals surface area contributed by atoms with Gasteiger partial charge in [-0.15, -0.1) is 0 Å². The lowest BCUT2D eigenvalue weighted by molar-refractivity contribution is 0.0553. The van der Waals surface area contributed by atoms with Gasteiger partial charge >= 0.3 is 0 Å². The van der Waals surface area contributed by atoms with Crippen molar-refractivity contribution in [2.75, 3.05) is 33.4 Å². The van der Waals surface area contributed by atoms with E-state index in [2.05, 4.69) is 18.7 Å². The van der Waals surface area contributed by atoms with E-state index in [4.69, 9.17) is 10.5 Å². The highest BCUT2D eigenvalue weighted by molar-refractivity contribution is 4.73. The summed E-state index contributed by atoms with van der Waals surface area (Å²) in [6.45, 7) is 9.35. The zero-order valence-corrected chi connectivity index (χ0v) is 11.9. The summed E-state index contributed by atoms with van der Waals surface area (Å²) in [5.41, 5.74) is 4.79. The van der Waals surface area contributed by atoms with Gasteiger partial charge in [-0.25, -0.2) is 0 Å². The number of hydrogen-bond acceptors (Lipinski definition) is 4. The maximum absolute atomic E-state index is 9.78. The Balaban J connectivity index is 3.75. The molecule has 0 saturated carbocycles. The smallest absolute Gasteiger partial charge is 0.0741 e. The quantitative estimate of drug-likeness (QED) is 0.569. The zero-order chi connectivity index (χ0) is 13.3. The van der Waals surface area contributed by atoms with Crippen molar-refractivity contribution in [2.24, 2.45) is 5.73 Å². The van der Waals surface area contributed by atoms with Gasteiger partial charge in [-0.05, 0) is 46.6 Å². The molecule has 0 aliphatic carbocycles. The molecule has 0 heterocycles. The Morgan fingerprint density at radius 1 is 1.29 bits per heavy atom. The molecule has 1 unspecified atom stereocenters. The van der Waals surface area contributed by atoms with Gasteiger partial charge in [0.25, 0.3) is 0 Å². The van der Waals surface area contributed by atoms with Crippen molar-refractivity contribution in [3.05, 3.63) is 0 Å². The van der Waals surface area contributed by atoms with Crippen molar-refractivity contribution in [2.45, 2.75) is 51.7 Å². The molecule has 0 rings (SSSR count). The molecule has 0 aliphatic heterocycles. The van der Waals surface area contributed by atoms with Crippen LogP contribution in [0.15, 0.2) is 0 Å². The normalized spacial score (nSPS) is 15.5. The molecule has 4 heteroatoms. The second-order valence-electron chi connectivity index (χ2n) is 5.28. The highest BCUT2D eigenvalue weighted by atomic mass is 16.5. The van der Waals surface area contributed by atoms with Crippen molar-refractivity contribution in [1.82, 2.24) is 4.90 Å². The Morgan fingerprint density at radius 2 is 1.94 bits per heavy atom. The summed E-state index contributed by atoms with van der Waals surface area (Å²) >= 11 is 0. The lowest BCUT2D eigenvalue weighted by Gasteiger charge is -2.27. The van der Waals surface area contributed by atoms with E-state index >= 15 is 0 Å². The summed E-state index contributed by atoms with van der Waals surface area (Å²) in [5.74, 6) is 0. The van der Waals surface area contributed by atoms with Crippen LogP contribution in [0.2, 0.25) is 0 Å². The van der Waals surface area contributed by atoms with E-state index in [0.29, 0.717) is 12.6 Å². The van der Waals surface area contributed by atoms with E-state index in [1.165, 1.54) is 0 Å². The van der Waals surface area contributed by atoms with Crippen molar-refractivity contribution < 1.29 is 9.84 Å². The summed E-state index contributed by atoms with van der Waals surface area (Å²) < 4.78 is 5.10. The van der Waals surface area contributed by atoms with Gasteiger partial charge in [-0.1, -0.05) is 0 Å². The average Bonchev–Trinajstić information content (AvgIpc) is 2.27. The van der Waals surface area contributed by atoms with E-state index < -0.39 is 5.60 Å². The van der Waals surface area contributed by atoms with Crippen LogP contribution < -0.4 is 5.73 Å². The third kappa shape index (κ3) is 8.55. The monoisotopic (exact) mass is 246 g/mol. The fraction of sp³-hybridized carbons (Fsp3) is 1.00. The van der Waals surface area contributed by atoms with Crippen LogP contribution in [0, 0.1) is 0 Å². The standard InChI is InChI=1S/C13H30N2O2/c1-12(2)15(9-10-17-4)8-6-5-7-13(3,16)11-14/h12,16H,5-11,14H2,1-4H3. The average molecular weight is 246 g/mol. The van der Waals surface area contributed by atoms with E-state index in [1.807, 2.05) is 0 Å². The summed E-state index contributed by atoms with van der Waals surface area (Å²) in [7, 11) is 1.73. The summed E-state index contributed by atoms with van der Waals surface area (Å²) in [5, 5.41) is 9.78. The molecule has 0 bridgehead atoms. The largest absolute Gasteiger partial charge is 0.389 e. The van der Waals surface area contributed by atoms with Gasteiger partial charge in [-0.2, -0.15) is 0 Å².